The van der Waals surface area contributed by atoms with Gasteiger partial charge < -0.3 is 4.90 Å². The number of benzene rings is 2. The molecule has 0 fully saturated rings. The largest absolute Gasteiger partial charge is 0.333 e. The molecule has 0 unspecified atom stereocenters. The molecule has 1 aromatic heterocycles. The number of carbonyl (C=O) groups excluding carboxylic acids is 1. The first kappa shape index (κ1) is 23.0. The lowest BCUT2D eigenvalue weighted by molar-refractivity contribution is 0.0746. The second-order valence-electron chi connectivity index (χ2n) is 7.03. The van der Waals surface area contributed by atoms with Gasteiger partial charge in [-0.25, -0.2) is 8.42 Å². The van der Waals surface area contributed by atoms with E-state index >= 15 is 0 Å². The topological polar surface area (TPSA) is 94.4 Å². The summed E-state index contributed by atoms with van der Waals surface area (Å²) in [5, 5.41) is 9.00. The Kier molecular flexibility index (Phi) is 7.58. The number of carbonyl (C=O) groups is 1. The minimum absolute atomic E-state index is 0.0377. The van der Waals surface area contributed by atoms with Crippen LogP contribution < -0.4 is 4.31 Å². The Labute approximate surface area is 188 Å². The van der Waals surface area contributed by atoms with E-state index in [-0.39, 0.29) is 42.4 Å². The molecule has 8 heteroatoms. The van der Waals surface area contributed by atoms with E-state index in [1.807, 2.05) is 12.1 Å². The van der Waals surface area contributed by atoms with Gasteiger partial charge >= 0.3 is 0 Å². The van der Waals surface area contributed by atoms with Gasteiger partial charge in [-0.15, -0.1) is 0 Å². The third-order valence-corrected chi connectivity index (χ3v) is 6.78. The predicted octanol–water partition coefficient (Wildman–Crippen LogP) is 3.85. The van der Waals surface area contributed by atoms with Crippen LogP contribution >= 0.6 is 0 Å². The quantitative estimate of drug-likeness (QED) is 0.496. The van der Waals surface area contributed by atoms with Gasteiger partial charge in [0.05, 0.1) is 23.1 Å². The number of aromatic nitrogens is 1. The van der Waals surface area contributed by atoms with E-state index in [4.69, 9.17) is 5.26 Å². The third kappa shape index (κ3) is 5.31. The molecule has 0 saturated carbocycles. The van der Waals surface area contributed by atoms with Gasteiger partial charge in [-0.2, -0.15) is 5.26 Å². The molecule has 2 aromatic carbocycles. The number of amides is 1. The fourth-order valence-corrected chi connectivity index (χ4v) is 4.85. The number of nitriles is 1. The molecule has 0 aliphatic heterocycles. The van der Waals surface area contributed by atoms with Gasteiger partial charge in [-0.1, -0.05) is 30.3 Å². The average molecular weight is 449 g/mol. The van der Waals surface area contributed by atoms with Crippen LogP contribution in [0.5, 0.6) is 0 Å². The van der Waals surface area contributed by atoms with Crippen molar-refractivity contribution in [1.82, 2.24) is 9.88 Å². The molecule has 3 aromatic rings. The van der Waals surface area contributed by atoms with Crippen molar-refractivity contribution < 1.29 is 13.2 Å². The van der Waals surface area contributed by atoms with Crippen molar-refractivity contribution in [3.05, 3.63) is 90.3 Å². The summed E-state index contributed by atoms with van der Waals surface area (Å²) in [7, 11) is -3.86. The average Bonchev–Trinajstić information content (AvgIpc) is 2.83. The molecule has 0 aliphatic carbocycles. The monoisotopic (exact) mass is 448 g/mol. The van der Waals surface area contributed by atoms with E-state index < -0.39 is 10.0 Å². The molecule has 0 bridgehead atoms. The van der Waals surface area contributed by atoms with Crippen molar-refractivity contribution in [3.8, 4) is 6.07 Å². The Morgan fingerprint density at radius 1 is 1.06 bits per heavy atom. The van der Waals surface area contributed by atoms with Crippen LogP contribution in [-0.2, 0) is 16.6 Å². The van der Waals surface area contributed by atoms with Crippen LogP contribution in [0.15, 0.2) is 84.0 Å². The molecule has 0 atom stereocenters. The highest BCUT2D eigenvalue weighted by atomic mass is 32.2. The lowest BCUT2D eigenvalue weighted by Crippen LogP contribution is -2.33. The van der Waals surface area contributed by atoms with E-state index in [9.17, 15) is 13.2 Å². The fraction of sp³-hybridized carbons (Fsp3) is 0.208. The molecular weight excluding hydrogens is 424 g/mol. The highest BCUT2D eigenvalue weighted by molar-refractivity contribution is 7.92. The molecule has 0 aliphatic rings. The van der Waals surface area contributed by atoms with Gasteiger partial charge in [-0.3, -0.25) is 14.1 Å². The van der Waals surface area contributed by atoms with Crippen molar-refractivity contribution in [3.63, 3.8) is 0 Å². The minimum atomic E-state index is -3.86. The first-order valence-electron chi connectivity index (χ1n) is 10.2. The normalized spacial score (nSPS) is 10.9. The van der Waals surface area contributed by atoms with E-state index in [0.717, 1.165) is 5.56 Å². The maximum Gasteiger partial charge on any atom is 0.264 e. The number of pyridine rings is 1. The Balaban J connectivity index is 1.92. The molecule has 0 radical (unpaired) electrons. The summed E-state index contributed by atoms with van der Waals surface area (Å²) in [4.78, 5) is 18.9. The van der Waals surface area contributed by atoms with Crippen molar-refractivity contribution in [2.45, 2.75) is 24.8 Å². The summed E-state index contributed by atoms with van der Waals surface area (Å²) in [5.41, 5.74) is 1.62. The molecule has 0 N–H and O–H groups in total. The zero-order valence-electron chi connectivity index (χ0n) is 17.8. The van der Waals surface area contributed by atoms with Crippen molar-refractivity contribution in [2.24, 2.45) is 0 Å². The number of nitrogens with zero attached hydrogens (tertiary/aromatic N) is 4. The van der Waals surface area contributed by atoms with Gasteiger partial charge in [0.25, 0.3) is 15.9 Å². The second kappa shape index (κ2) is 10.6. The Morgan fingerprint density at radius 3 is 2.50 bits per heavy atom. The van der Waals surface area contributed by atoms with Crippen LogP contribution in [0.2, 0.25) is 0 Å². The van der Waals surface area contributed by atoms with Gasteiger partial charge in [0.1, 0.15) is 0 Å². The molecule has 1 amide bonds. The molecular formula is C24H24N4O3S. The summed E-state index contributed by atoms with van der Waals surface area (Å²) < 4.78 is 27.9. The number of sulfonamides is 1. The Bertz CT molecular complexity index is 1190. The van der Waals surface area contributed by atoms with Crippen LogP contribution in [0, 0.1) is 11.3 Å². The number of para-hydroxylation sites is 1. The van der Waals surface area contributed by atoms with E-state index in [1.54, 1.807) is 61.8 Å². The predicted molar refractivity (Wildman–Crippen MR) is 122 cm³/mol. The first-order chi connectivity index (χ1) is 15.5. The van der Waals surface area contributed by atoms with Gasteiger partial charge in [0, 0.05) is 37.6 Å². The van der Waals surface area contributed by atoms with E-state index in [1.165, 1.54) is 21.3 Å². The molecule has 32 heavy (non-hydrogen) atoms. The maximum absolute atomic E-state index is 13.3. The zero-order valence-corrected chi connectivity index (χ0v) is 18.6. The van der Waals surface area contributed by atoms with Gasteiger partial charge in [0.2, 0.25) is 0 Å². The number of hydrogen-bond acceptors (Lipinski definition) is 5. The Hall–Kier alpha value is -3.70. The molecule has 1 heterocycles. The van der Waals surface area contributed by atoms with Crippen LogP contribution in [0.1, 0.15) is 29.3 Å². The van der Waals surface area contributed by atoms with Crippen LogP contribution in [0.3, 0.4) is 0 Å². The van der Waals surface area contributed by atoms with Crippen molar-refractivity contribution >= 4 is 21.6 Å². The lowest BCUT2D eigenvalue weighted by Gasteiger charge is -2.24. The maximum atomic E-state index is 13.3. The van der Waals surface area contributed by atoms with Crippen molar-refractivity contribution in [1.29, 1.82) is 5.26 Å². The molecule has 164 valence electrons. The summed E-state index contributed by atoms with van der Waals surface area (Å²) >= 11 is 0. The molecule has 7 nitrogen and oxygen atoms in total. The van der Waals surface area contributed by atoms with Gasteiger partial charge in [-0.05, 0) is 48.9 Å². The highest BCUT2D eigenvalue weighted by Crippen LogP contribution is 2.24. The molecule has 3 rings (SSSR count). The summed E-state index contributed by atoms with van der Waals surface area (Å²) in [6, 6.07) is 20.5. The van der Waals surface area contributed by atoms with E-state index in [2.05, 4.69) is 11.1 Å². The van der Waals surface area contributed by atoms with Gasteiger partial charge in [0.15, 0.2) is 0 Å². The fourth-order valence-electron chi connectivity index (χ4n) is 3.33. The number of hydrogen-bond donors (Lipinski definition) is 0. The molecule has 0 spiro atoms. The highest BCUT2D eigenvalue weighted by Gasteiger charge is 2.25. The lowest BCUT2D eigenvalue weighted by atomic mass is 10.1. The minimum Gasteiger partial charge on any atom is -0.333 e. The Morgan fingerprint density at radius 2 is 1.84 bits per heavy atom. The van der Waals surface area contributed by atoms with Crippen LogP contribution in [-0.4, -0.2) is 37.3 Å². The molecule has 0 saturated heterocycles. The van der Waals surface area contributed by atoms with E-state index in [0.29, 0.717) is 5.69 Å². The first-order valence-corrected chi connectivity index (χ1v) is 11.6. The van der Waals surface area contributed by atoms with Crippen molar-refractivity contribution in [2.75, 3.05) is 17.4 Å². The number of anilines is 1. The SMILES string of the molecule is CCN(c1ccccc1)S(=O)(=O)c1cccc(C(=O)N(CCC#N)Cc2cccnc2)c1. The smallest absolute Gasteiger partial charge is 0.264 e. The van der Waals surface area contributed by atoms with Crippen LogP contribution in [0.4, 0.5) is 5.69 Å². The summed E-state index contributed by atoms with van der Waals surface area (Å²) in [6.07, 6.45) is 3.47. The zero-order chi connectivity index (χ0) is 23.0. The number of rotatable bonds is 9. The van der Waals surface area contributed by atoms with Crippen LogP contribution in [0.25, 0.3) is 0 Å². The second-order valence-corrected chi connectivity index (χ2v) is 8.89. The summed E-state index contributed by atoms with van der Waals surface area (Å²) in [6.45, 7) is 2.51. The standard InChI is InChI=1S/C24H24N4O3S/c1-2-28(22-11-4-3-5-12-22)32(30,31)23-13-6-10-21(17-23)24(29)27(16-8-14-25)19-20-9-7-15-26-18-20/h3-7,9-13,15,17-18H,2,8,16,19H2,1H3. The third-order valence-electron chi connectivity index (χ3n) is 4.88. The summed E-state index contributed by atoms with van der Waals surface area (Å²) in [5.74, 6) is -0.344.